The number of rotatable bonds is 5. The predicted octanol–water partition coefficient (Wildman–Crippen LogP) is 1.92. The molecule has 2 heterocycles. The summed E-state index contributed by atoms with van der Waals surface area (Å²) in [5.41, 5.74) is 7.38. The van der Waals surface area contributed by atoms with Gasteiger partial charge in [-0.15, -0.1) is 24.8 Å². The fraction of sp³-hybridized carbons (Fsp3) is 0.556. The van der Waals surface area contributed by atoms with Crippen molar-refractivity contribution < 1.29 is 9.59 Å². The maximum Gasteiger partial charge on any atom is 0.234 e. The summed E-state index contributed by atoms with van der Waals surface area (Å²) in [6.45, 7) is 3.32. The van der Waals surface area contributed by atoms with Crippen molar-refractivity contribution in [1.29, 1.82) is 0 Å². The first-order chi connectivity index (χ1) is 11.6. The molecular weight excluding hydrogens is 375 g/mol. The fourth-order valence-electron chi connectivity index (χ4n) is 3.64. The number of piperidine rings is 1. The van der Waals surface area contributed by atoms with Gasteiger partial charge < -0.3 is 16.4 Å². The first kappa shape index (κ1) is 22.7. The van der Waals surface area contributed by atoms with Crippen LogP contribution < -0.4 is 16.4 Å². The summed E-state index contributed by atoms with van der Waals surface area (Å²) in [7, 11) is 0. The van der Waals surface area contributed by atoms with Crippen LogP contribution in [0.25, 0.3) is 0 Å². The predicted molar refractivity (Wildman–Crippen MR) is 108 cm³/mol. The Kier molecular flexibility index (Phi) is 9.36. The van der Waals surface area contributed by atoms with Crippen LogP contribution in [0.4, 0.5) is 5.69 Å². The monoisotopic (exact) mass is 402 g/mol. The Bertz CT molecular complexity index is 609. The van der Waals surface area contributed by atoms with Crippen LogP contribution in [0.1, 0.15) is 31.2 Å². The van der Waals surface area contributed by atoms with Crippen molar-refractivity contribution in [3.8, 4) is 0 Å². The van der Waals surface area contributed by atoms with E-state index in [1.807, 2.05) is 24.3 Å². The highest BCUT2D eigenvalue weighted by Crippen LogP contribution is 2.22. The third kappa shape index (κ3) is 5.84. The average molecular weight is 403 g/mol. The molecule has 2 amide bonds. The molecule has 0 aromatic heterocycles. The number of likely N-dealkylation sites (tertiary alicyclic amines) is 1. The minimum absolute atomic E-state index is 0. The second-order valence-corrected chi connectivity index (χ2v) is 6.76. The number of nitrogens with zero attached hydrogens (tertiary/aromatic N) is 1. The first-order valence-corrected chi connectivity index (χ1v) is 8.77. The zero-order valence-electron chi connectivity index (χ0n) is 14.8. The summed E-state index contributed by atoms with van der Waals surface area (Å²) < 4.78 is 0. The molecular formula is C18H28Cl2N4O2. The molecule has 8 heteroatoms. The number of amides is 2. The largest absolute Gasteiger partial charge is 0.368 e. The van der Waals surface area contributed by atoms with Gasteiger partial charge in [-0.25, -0.2) is 0 Å². The lowest BCUT2D eigenvalue weighted by molar-refractivity contribution is -0.122. The van der Waals surface area contributed by atoms with Gasteiger partial charge >= 0.3 is 0 Å². The van der Waals surface area contributed by atoms with Crippen LogP contribution in [-0.4, -0.2) is 42.4 Å². The van der Waals surface area contributed by atoms with E-state index in [-0.39, 0.29) is 48.6 Å². The number of nitrogens with two attached hydrogens (primary N) is 1. The van der Waals surface area contributed by atoms with Gasteiger partial charge in [0.25, 0.3) is 0 Å². The van der Waals surface area contributed by atoms with Gasteiger partial charge in [0.15, 0.2) is 0 Å². The van der Waals surface area contributed by atoms with E-state index in [2.05, 4.69) is 15.5 Å². The second-order valence-electron chi connectivity index (χ2n) is 6.76. The van der Waals surface area contributed by atoms with Gasteiger partial charge in [0.1, 0.15) is 0 Å². The molecule has 2 aliphatic heterocycles. The van der Waals surface area contributed by atoms with Gasteiger partial charge in [0.2, 0.25) is 11.8 Å². The Balaban J connectivity index is 0.00000169. The molecule has 1 aromatic carbocycles. The van der Waals surface area contributed by atoms with E-state index < -0.39 is 0 Å². The number of anilines is 1. The zero-order chi connectivity index (χ0) is 16.9. The quantitative estimate of drug-likeness (QED) is 0.701. The number of primary amides is 1. The van der Waals surface area contributed by atoms with Gasteiger partial charge in [0.05, 0.1) is 12.0 Å². The molecule has 3 rings (SSSR count). The summed E-state index contributed by atoms with van der Waals surface area (Å²) in [4.78, 5) is 26.0. The van der Waals surface area contributed by atoms with Gasteiger partial charge in [-0.3, -0.25) is 14.5 Å². The van der Waals surface area contributed by atoms with E-state index in [1.165, 1.54) is 0 Å². The zero-order valence-corrected chi connectivity index (χ0v) is 16.4. The minimum Gasteiger partial charge on any atom is -0.368 e. The Morgan fingerprint density at radius 3 is 2.73 bits per heavy atom. The number of hydrogen-bond acceptors (Lipinski definition) is 4. The summed E-state index contributed by atoms with van der Waals surface area (Å²) in [5.74, 6) is -0.127. The first-order valence-electron chi connectivity index (χ1n) is 8.77. The lowest BCUT2D eigenvalue weighted by atomic mass is 9.98. The third-order valence-corrected chi connectivity index (χ3v) is 4.94. The Morgan fingerprint density at radius 2 is 2.04 bits per heavy atom. The van der Waals surface area contributed by atoms with Crippen LogP contribution in [0, 0.1) is 5.92 Å². The van der Waals surface area contributed by atoms with Gasteiger partial charge in [-0.2, -0.15) is 0 Å². The molecule has 2 atom stereocenters. The second kappa shape index (κ2) is 10.7. The summed E-state index contributed by atoms with van der Waals surface area (Å²) in [6, 6.07) is 7.70. The molecule has 2 unspecified atom stereocenters. The SMILES string of the molecule is Cl.Cl.NC(=O)C1CCCN1Cc1cccc(NC(=O)C2CCCNC2)c1. The third-order valence-electron chi connectivity index (χ3n) is 4.94. The van der Waals surface area contributed by atoms with Crippen LogP contribution in [0.2, 0.25) is 0 Å². The van der Waals surface area contributed by atoms with Gasteiger partial charge in [-0.1, -0.05) is 12.1 Å². The molecule has 6 nitrogen and oxygen atoms in total. The number of carbonyl (C=O) groups excluding carboxylic acids is 2. The molecule has 0 spiro atoms. The highest BCUT2D eigenvalue weighted by molar-refractivity contribution is 5.92. The van der Waals surface area contributed by atoms with Gasteiger partial charge in [-0.05, 0) is 56.5 Å². The van der Waals surface area contributed by atoms with Crippen molar-refractivity contribution in [3.63, 3.8) is 0 Å². The highest BCUT2D eigenvalue weighted by Gasteiger charge is 2.28. The normalized spacial score (nSPS) is 22.8. The number of nitrogens with one attached hydrogen (secondary N) is 2. The number of benzene rings is 1. The molecule has 26 heavy (non-hydrogen) atoms. The molecule has 1 aromatic rings. The van der Waals surface area contributed by atoms with Crippen LogP contribution >= 0.6 is 24.8 Å². The molecule has 4 N–H and O–H groups in total. The maximum absolute atomic E-state index is 12.3. The van der Waals surface area contributed by atoms with Crippen molar-refractivity contribution in [2.24, 2.45) is 11.7 Å². The average Bonchev–Trinajstić information content (AvgIpc) is 3.04. The van der Waals surface area contributed by atoms with Crippen LogP contribution in [0.5, 0.6) is 0 Å². The van der Waals surface area contributed by atoms with E-state index >= 15 is 0 Å². The molecule has 0 aliphatic carbocycles. The minimum atomic E-state index is -0.248. The van der Waals surface area contributed by atoms with Gasteiger partial charge in [0, 0.05) is 18.8 Å². The van der Waals surface area contributed by atoms with Crippen molar-refractivity contribution in [2.75, 3.05) is 25.0 Å². The Morgan fingerprint density at radius 1 is 1.23 bits per heavy atom. The van der Waals surface area contributed by atoms with Crippen molar-refractivity contribution in [2.45, 2.75) is 38.3 Å². The molecule has 2 fully saturated rings. The maximum atomic E-state index is 12.3. The smallest absolute Gasteiger partial charge is 0.234 e. The lowest BCUT2D eigenvalue weighted by Crippen LogP contribution is -2.39. The summed E-state index contributed by atoms with van der Waals surface area (Å²) in [6.07, 6.45) is 3.81. The van der Waals surface area contributed by atoms with Crippen molar-refractivity contribution >= 4 is 42.3 Å². The molecule has 0 radical (unpaired) electrons. The topological polar surface area (TPSA) is 87.5 Å². The molecule has 2 saturated heterocycles. The number of halogens is 2. The fourth-order valence-corrected chi connectivity index (χ4v) is 3.64. The summed E-state index contributed by atoms with van der Waals surface area (Å²) in [5, 5.41) is 6.29. The van der Waals surface area contributed by atoms with Crippen LogP contribution in [0.3, 0.4) is 0 Å². The van der Waals surface area contributed by atoms with Crippen LogP contribution in [0.15, 0.2) is 24.3 Å². The lowest BCUT2D eigenvalue weighted by Gasteiger charge is -2.23. The molecule has 0 saturated carbocycles. The van der Waals surface area contributed by atoms with Crippen LogP contribution in [-0.2, 0) is 16.1 Å². The summed E-state index contributed by atoms with van der Waals surface area (Å²) >= 11 is 0. The van der Waals surface area contributed by atoms with Crippen molar-refractivity contribution in [3.05, 3.63) is 29.8 Å². The standard InChI is InChI=1S/C18H26N4O2.2ClH/c19-17(23)16-7-3-9-22(16)12-13-4-1-6-15(10-13)21-18(24)14-5-2-8-20-11-14;;/h1,4,6,10,14,16,20H,2-3,5,7-9,11-12H2,(H2,19,23)(H,21,24);2*1H. The Labute approximate surface area is 167 Å². The van der Waals surface area contributed by atoms with E-state index in [0.717, 1.165) is 56.6 Å². The molecule has 2 aliphatic rings. The van der Waals surface area contributed by atoms with E-state index in [9.17, 15) is 9.59 Å². The van der Waals surface area contributed by atoms with E-state index in [4.69, 9.17) is 5.73 Å². The molecule has 146 valence electrons. The van der Waals surface area contributed by atoms with Crippen molar-refractivity contribution in [1.82, 2.24) is 10.2 Å². The van der Waals surface area contributed by atoms with E-state index in [0.29, 0.717) is 6.54 Å². The highest BCUT2D eigenvalue weighted by atomic mass is 35.5. The number of carbonyl (C=O) groups is 2. The Hall–Kier alpha value is -1.34. The van der Waals surface area contributed by atoms with E-state index in [1.54, 1.807) is 0 Å². The number of hydrogen-bond donors (Lipinski definition) is 3. The molecule has 0 bridgehead atoms.